The number of aliphatic imine (C=N–C) groups is 1. The van der Waals surface area contributed by atoms with Gasteiger partial charge in [0.2, 0.25) is 11.9 Å². The number of nitrogens with zero attached hydrogens (tertiary/aromatic N) is 2. The zero-order valence-corrected chi connectivity index (χ0v) is 9.12. The van der Waals surface area contributed by atoms with Gasteiger partial charge in [0.1, 0.15) is 0 Å². The second-order valence-corrected chi connectivity index (χ2v) is 3.47. The fourth-order valence-corrected chi connectivity index (χ4v) is 1.44. The van der Waals surface area contributed by atoms with Crippen molar-refractivity contribution in [2.75, 3.05) is 26.2 Å². The lowest BCUT2D eigenvalue weighted by molar-refractivity contribution is -0.120. The Bertz CT molecular complexity index is 241. The summed E-state index contributed by atoms with van der Waals surface area (Å²) in [6.45, 7) is 4.61. The Labute approximate surface area is 89.9 Å². The summed E-state index contributed by atoms with van der Waals surface area (Å²) in [5, 5.41) is 2.81. The van der Waals surface area contributed by atoms with Crippen LogP contribution in [0.4, 0.5) is 0 Å². The van der Waals surface area contributed by atoms with E-state index >= 15 is 0 Å². The average molecular weight is 213 g/mol. The van der Waals surface area contributed by atoms with Crippen molar-refractivity contribution in [3.8, 4) is 0 Å². The zero-order chi connectivity index (χ0) is 11.1. The van der Waals surface area contributed by atoms with Gasteiger partial charge in [-0.15, -0.1) is 0 Å². The Morgan fingerprint density at radius 3 is 3.20 bits per heavy atom. The van der Waals surface area contributed by atoms with Crippen molar-refractivity contribution in [3.63, 3.8) is 0 Å². The molecule has 0 saturated carbocycles. The minimum atomic E-state index is 0.0203. The third-order valence-corrected chi connectivity index (χ3v) is 2.18. The van der Waals surface area contributed by atoms with E-state index in [1.54, 1.807) is 0 Å². The number of carbonyl (C=O) groups excluding carboxylic acids is 1. The maximum Gasteiger partial charge on any atom is 0.239 e. The molecule has 1 aliphatic heterocycles. The summed E-state index contributed by atoms with van der Waals surface area (Å²) >= 11 is 0. The number of hydrogen-bond acceptors (Lipinski definition) is 3. The molecular formula is C9H19N5O. The van der Waals surface area contributed by atoms with Gasteiger partial charge in [-0.3, -0.25) is 15.2 Å². The molecule has 1 heterocycles. The minimum Gasteiger partial charge on any atom is -0.354 e. The Balaban J connectivity index is 2.60. The van der Waals surface area contributed by atoms with Crippen LogP contribution in [0.15, 0.2) is 4.99 Å². The molecule has 1 amide bonds. The van der Waals surface area contributed by atoms with Crippen LogP contribution in [0.5, 0.6) is 0 Å². The highest BCUT2D eigenvalue weighted by Gasteiger charge is 2.16. The summed E-state index contributed by atoms with van der Waals surface area (Å²) in [6.07, 6.45) is 1.88. The molecule has 1 rings (SSSR count). The van der Waals surface area contributed by atoms with Crippen molar-refractivity contribution in [2.24, 2.45) is 10.8 Å². The third-order valence-electron chi connectivity index (χ3n) is 2.18. The van der Waals surface area contributed by atoms with Gasteiger partial charge in [0.25, 0.3) is 0 Å². The standard InChI is InChI=1S/C9H19N5O/c1-2-4-12-9(13-10)14-6-3-5-11-8(15)7-14/h2-7,10H2,1H3,(H,11,15)(H,12,13). The third kappa shape index (κ3) is 3.75. The highest BCUT2D eigenvalue weighted by atomic mass is 16.2. The van der Waals surface area contributed by atoms with Crippen LogP contribution in [-0.2, 0) is 4.79 Å². The molecule has 0 radical (unpaired) electrons. The molecule has 1 fully saturated rings. The van der Waals surface area contributed by atoms with Crippen LogP contribution in [0.1, 0.15) is 19.8 Å². The first kappa shape index (κ1) is 11.8. The van der Waals surface area contributed by atoms with Crippen molar-refractivity contribution in [2.45, 2.75) is 19.8 Å². The van der Waals surface area contributed by atoms with E-state index in [0.717, 1.165) is 32.5 Å². The predicted molar refractivity (Wildman–Crippen MR) is 59.1 cm³/mol. The van der Waals surface area contributed by atoms with Crippen LogP contribution in [0, 0.1) is 0 Å². The normalized spacial score (nSPS) is 18.4. The van der Waals surface area contributed by atoms with Gasteiger partial charge in [-0.05, 0) is 12.8 Å². The number of nitrogens with two attached hydrogens (primary N) is 1. The topological polar surface area (TPSA) is 82.8 Å². The quantitative estimate of drug-likeness (QED) is 0.239. The van der Waals surface area contributed by atoms with E-state index in [0.29, 0.717) is 12.5 Å². The second kappa shape index (κ2) is 6.23. The molecule has 4 N–H and O–H groups in total. The lowest BCUT2D eigenvalue weighted by atomic mass is 10.4. The van der Waals surface area contributed by atoms with Gasteiger partial charge in [-0.1, -0.05) is 6.92 Å². The number of rotatable bonds is 2. The van der Waals surface area contributed by atoms with Crippen LogP contribution in [0.25, 0.3) is 0 Å². The fraction of sp³-hybridized carbons (Fsp3) is 0.778. The van der Waals surface area contributed by atoms with E-state index in [1.165, 1.54) is 0 Å². The summed E-state index contributed by atoms with van der Waals surface area (Å²) in [4.78, 5) is 17.5. The van der Waals surface area contributed by atoms with Crippen molar-refractivity contribution in [1.29, 1.82) is 0 Å². The summed E-state index contributed by atoms with van der Waals surface area (Å²) in [5.41, 5.74) is 2.55. The van der Waals surface area contributed by atoms with Crippen LogP contribution in [0.2, 0.25) is 0 Å². The molecule has 0 atom stereocenters. The van der Waals surface area contributed by atoms with Gasteiger partial charge in [0.05, 0.1) is 6.54 Å². The molecule has 1 aliphatic rings. The number of amides is 1. The first-order chi connectivity index (χ1) is 7.27. The number of nitrogens with one attached hydrogen (secondary N) is 2. The van der Waals surface area contributed by atoms with Gasteiger partial charge >= 0.3 is 0 Å². The summed E-state index contributed by atoms with van der Waals surface area (Å²) in [6, 6.07) is 0. The molecule has 0 unspecified atom stereocenters. The second-order valence-electron chi connectivity index (χ2n) is 3.47. The lowest BCUT2D eigenvalue weighted by Gasteiger charge is -2.22. The molecule has 15 heavy (non-hydrogen) atoms. The smallest absolute Gasteiger partial charge is 0.239 e. The van der Waals surface area contributed by atoms with Crippen molar-refractivity contribution >= 4 is 11.9 Å². The van der Waals surface area contributed by atoms with E-state index in [1.807, 2.05) is 11.8 Å². The van der Waals surface area contributed by atoms with E-state index < -0.39 is 0 Å². The largest absolute Gasteiger partial charge is 0.354 e. The maximum absolute atomic E-state index is 11.3. The Morgan fingerprint density at radius 1 is 1.73 bits per heavy atom. The summed E-state index contributed by atoms with van der Waals surface area (Å²) in [5.74, 6) is 6.01. The Morgan fingerprint density at radius 2 is 2.53 bits per heavy atom. The van der Waals surface area contributed by atoms with Crippen LogP contribution in [0.3, 0.4) is 0 Å². The van der Waals surface area contributed by atoms with E-state index in [9.17, 15) is 4.79 Å². The molecule has 0 aromatic rings. The van der Waals surface area contributed by atoms with E-state index in [2.05, 4.69) is 15.7 Å². The van der Waals surface area contributed by atoms with Gasteiger partial charge < -0.3 is 10.2 Å². The molecule has 0 aliphatic carbocycles. The number of hydrazine groups is 1. The van der Waals surface area contributed by atoms with Crippen molar-refractivity contribution in [1.82, 2.24) is 15.6 Å². The summed E-state index contributed by atoms with van der Waals surface area (Å²) in [7, 11) is 0. The molecule has 86 valence electrons. The van der Waals surface area contributed by atoms with Gasteiger partial charge in [-0.2, -0.15) is 0 Å². The lowest BCUT2D eigenvalue weighted by Crippen LogP contribution is -2.47. The molecule has 0 bridgehead atoms. The first-order valence-electron chi connectivity index (χ1n) is 5.30. The van der Waals surface area contributed by atoms with E-state index in [4.69, 9.17) is 5.84 Å². The van der Waals surface area contributed by atoms with Gasteiger partial charge in [-0.25, -0.2) is 5.84 Å². The molecule has 0 spiro atoms. The van der Waals surface area contributed by atoms with Crippen molar-refractivity contribution in [3.05, 3.63) is 0 Å². The Kier molecular flexibility index (Phi) is 4.89. The van der Waals surface area contributed by atoms with Crippen LogP contribution in [-0.4, -0.2) is 42.9 Å². The number of hydrogen-bond donors (Lipinski definition) is 3. The number of carbonyl (C=O) groups is 1. The van der Waals surface area contributed by atoms with Crippen LogP contribution >= 0.6 is 0 Å². The SMILES string of the molecule is CCCN=C(NN)N1CCCNC(=O)C1. The Hall–Kier alpha value is -1.30. The number of guanidine groups is 1. The zero-order valence-electron chi connectivity index (χ0n) is 9.12. The highest BCUT2D eigenvalue weighted by Crippen LogP contribution is 1.97. The maximum atomic E-state index is 11.3. The minimum absolute atomic E-state index is 0.0203. The molecule has 0 aromatic heterocycles. The first-order valence-corrected chi connectivity index (χ1v) is 5.30. The van der Waals surface area contributed by atoms with Gasteiger partial charge in [0, 0.05) is 19.6 Å². The monoisotopic (exact) mass is 213 g/mol. The molecule has 1 saturated heterocycles. The average Bonchev–Trinajstić information content (AvgIpc) is 2.44. The fourth-order valence-electron chi connectivity index (χ4n) is 1.44. The molecule has 6 nitrogen and oxygen atoms in total. The highest BCUT2D eigenvalue weighted by molar-refractivity contribution is 5.86. The summed E-state index contributed by atoms with van der Waals surface area (Å²) < 4.78 is 0. The van der Waals surface area contributed by atoms with Crippen LogP contribution < -0.4 is 16.6 Å². The van der Waals surface area contributed by atoms with E-state index in [-0.39, 0.29) is 5.91 Å². The molecule has 6 heteroatoms. The van der Waals surface area contributed by atoms with Gasteiger partial charge in [0.15, 0.2) is 0 Å². The molecule has 0 aromatic carbocycles. The predicted octanol–water partition coefficient (Wildman–Crippen LogP) is -0.962. The van der Waals surface area contributed by atoms with Crippen molar-refractivity contribution < 1.29 is 4.79 Å². The molecular weight excluding hydrogens is 194 g/mol.